The van der Waals surface area contributed by atoms with Crippen molar-refractivity contribution in [3.05, 3.63) is 71.6 Å². The minimum Gasteiger partial charge on any atom is -0.495 e. The highest BCUT2D eigenvalue weighted by Gasteiger charge is 2.27. The number of methoxy groups -OCH3 is 3. The number of halogens is 1. The van der Waals surface area contributed by atoms with Crippen LogP contribution in [0.15, 0.2) is 48.8 Å². The van der Waals surface area contributed by atoms with Gasteiger partial charge in [0.25, 0.3) is 11.7 Å². The maximum Gasteiger partial charge on any atom is 0.296 e. The van der Waals surface area contributed by atoms with Crippen molar-refractivity contribution in [3.63, 3.8) is 0 Å². The fourth-order valence-corrected chi connectivity index (χ4v) is 3.81. The topological polar surface area (TPSA) is 105 Å². The maximum absolute atomic E-state index is 14.6. The first-order valence-corrected chi connectivity index (χ1v) is 10.6. The molecule has 1 aromatic carbocycles. The van der Waals surface area contributed by atoms with Gasteiger partial charge in [0.1, 0.15) is 5.75 Å². The average Bonchev–Trinajstić information content (AvgIpc) is 3.13. The molecule has 1 N–H and O–H groups in total. The van der Waals surface area contributed by atoms with E-state index in [1.54, 1.807) is 36.9 Å². The first-order chi connectivity index (χ1) is 16.9. The number of carbonyl (C=O) groups excluding carboxylic acids is 2. The molecule has 4 aromatic rings. The Kier molecular flexibility index (Phi) is 6.63. The van der Waals surface area contributed by atoms with Gasteiger partial charge in [0.15, 0.2) is 11.6 Å². The van der Waals surface area contributed by atoms with Crippen molar-refractivity contribution in [1.82, 2.24) is 14.5 Å². The number of hydrogen-bond acceptors (Lipinski definition) is 7. The van der Waals surface area contributed by atoms with Crippen molar-refractivity contribution in [1.29, 1.82) is 0 Å². The third-order valence-corrected chi connectivity index (χ3v) is 5.59. The zero-order chi connectivity index (χ0) is 25.1. The predicted molar refractivity (Wildman–Crippen MR) is 127 cm³/mol. The molecule has 0 atom stereocenters. The predicted octanol–water partition coefficient (Wildman–Crippen LogP) is 3.77. The highest BCUT2D eigenvalue weighted by atomic mass is 19.1. The number of Topliss-reactive ketones (excluding diaryl/α,β-unsaturated/α-hetero) is 1. The lowest BCUT2D eigenvalue weighted by Crippen LogP contribution is -2.23. The second kappa shape index (κ2) is 9.80. The van der Waals surface area contributed by atoms with Crippen LogP contribution in [0.2, 0.25) is 0 Å². The molecule has 0 bridgehead atoms. The third-order valence-electron chi connectivity index (χ3n) is 5.59. The van der Waals surface area contributed by atoms with E-state index < -0.39 is 17.5 Å². The van der Waals surface area contributed by atoms with Crippen molar-refractivity contribution < 1.29 is 28.2 Å². The van der Waals surface area contributed by atoms with E-state index in [1.807, 2.05) is 0 Å². The summed E-state index contributed by atoms with van der Waals surface area (Å²) in [6.07, 6.45) is 3.02. The van der Waals surface area contributed by atoms with E-state index in [-0.39, 0.29) is 23.7 Å². The van der Waals surface area contributed by atoms with E-state index in [0.717, 1.165) is 0 Å². The van der Waals surface area contributed by atoms with Crippen LogP contribution in [0.4, 0.5) is 10.1 Å². The molecular formula is C25H23FN4O5. The first kappa shape index (κ1) is 23.7. The number of benzene rings is 1. The van der Waals surface area contributed by atoms with Gasteiger partial charge in [-0.25, -0.2) is 9.37 Å². The molecular weight excluding hydrogens is 455 g/mol. The molecule has 0 spiro atoms. The summed E-state index contributed by atoms with van der Waals surface area (Å²) in [5.41, 5.74) is 2.07. The Morgan fingerprint density at radius 1 is 1.03 bits per heavy atom. The average molecular weight is 478 g/mol. The summed E-state index contributed by atoms with van der Waals surface area (Å²) in [5, 5.41) is 2.96. The summed E-state index contributed by atoms with van der Waals surface area (Å²) in [4.78, 5) is 34.6. The number of fused-ring (bicyclic) bond motifs is 1. The largest absolute Gasteiger partial charge is 0.495 e. The van der Waals surface area contributed by atoms with E-state index >= 15 is 0 Å². The highest BCUT2D eigenvalue weighted by Crippen LogP contribution is 2.33. The van der Waals surface area contributed by atoms with Gasteiger partial charge in [0.2, 0.25) is 5.88 Å². The molecule has 0 radical (unpaired) electrons. The van der Waals surface area contributed by atoms with E-state index in [1.165, 1.54) is 44.7 Å². The summed E-state index contributed by atoms with van der Waals surface area (Å²) in [6.45, 7) is 1.94. The number of ketones is 1. The molecule has 4 rings (SSSR count). The van der Waals surface area contributed by atoms with Crippen molar-refractivity contribution in [2.24, 2.45) is 0 Å². The molecule has 0 saturated carbocycles. The lowest BCUT2D eigenvalue weighted by Gasteiger charge is -2.10. The lowest BCUT2D eigenvalue weighted by molar-refractivity contribution is -0.112. The molecule has 0 saturated heterocycles. The molecule has 0 aliphatic rings. The Morgan fingerprint density at radius 2 is 1.83 bits per heavy atom. The number of nitrogens with one attached hydrogen (secondary N) is 1. The van der Waals surface area contributed by atoms with Crippen molar-refractivity contribution in [3.8, 4) is 17.4 Å². The van der Waals surface area contributed by atoms with E-state index in [0.29, 0.717) is 33.7 Å². The zero-order valence-electron chi connectivity index (χ0n) is 19.6. The van der Waals surface area contributed by atoms with Crippen LogP contribution in [0.25, 0.3) is 10.9 Å². The van der Waals surface area contributed by atoms with Gasteiger partial charge in [-0.1, -0.05) is 0 Å². The number of carbonyl (C=O) groups is 2. The smallest absolute Gasteiger partial charge is 0.296 e. The third kappa shape index (κ3) is 4.63. The van der Waals surface area contributed by atoms with Gasteiger partial charge in [0, 0.05) is 35.1 Å². The van der Waals surface area contributed by atoms with Crippen LogP contribution in [-0.4, -0.2) is 47.6 Å². The van der Waals surface area contributed by atoms with Crippen molar-refractivity contribution in [2.75, 3.05) is 26.6 Å². The van der Waals surface area contributed by atoms with Crippen molar-refractivity contribution >= 4 is 28.3 Å². The van der Waals surface area contributed by atoms with Crippen LogP contribution in [0.5, 0.6) is 17.4 Å². The van der Waals surface area contributed by atoms with Crippen LogP contribution >= 0.6 is 0 Å². The molecule has 3 aromatic heterocycles. The Hall–Kier alpha value is -4.47. The second-order valence-electron chi connectivity index (χ2n) is 7.61. The Morgan fingerprint density at radius 3 is 2.49 bits per heavy atom. The monoisotopic (exact) mass is 478 g/mol. The summed E-state index contributed by atoms with van der Waals surface area (Å²) in [6, 6.07) is 9.27. The number of hydrogen-bond donors (Lipinski definition) is 1. The normalized spacial score (nSPS) is 10.8. The Labute approximate surface area is 200 Å². The first-order valence-electron chi connectivity index (χ1n) is 10.6. The Bertz CT molecular complexity index is 1420. The molecule has 9 nitrogen and oxygen atoms in total. The summed E-state index contributed by atoms with van der Waals surface area (Å²) >= 11 is 0. The van der Waals surface area contributed by atoms with E-state index in [9.17, 15) is 14.0 Å². The van der Waals surface area contributed by atoms with Gasteiger partial charge in [-0.3, -0.25) is 14.6 Å². The minimum absolute atomic E-state index is 0.0365. The van der Waals surface area contributed by atoms with Crippen LogP contribution < -0.4 is 19.5 Å². The molecule has 0 aliphatic heterocycles. The quantitative estimate of drug-likeness (QED) is 0.304. The van der Waals surface area contributed by atoms with Gasteiger partial charge in [-0.15, -0.1) is 0 Å². The summed E-state index contributed by atoms with van der Waals surface area (Å²) in [5.74, 6) is -1.38. The minimum atomic E-state index is -0.855. The van der Waals surface area contributed by atoms with E-state index in [2.05, 4.69) is 15.3 Å². The van der Waals surface area contributed by atoms with Gasteiger partial charge < -0.3 is 24.1 Å². The fraction of sp³-hybridized carbons (Fsp3) is 0.200. The van der Waals surface area contributed by atoms with Gasteiger partial charge in [-0.2, -0.15) is 0 Å². The summed E-state index contributed by atoms with van der Waals surface area (Å²) in [7, 11) is 4.32. The Balaban J connectivity index is 1.77. The number of amides is 1. The highest BCUT2D eigenvalue weighted by molar-refractivity contribution is 6.48. The zero-order valence-corrected chi connectivity index (χ0v) is 19.6. The number of ether oxygens (including phenoxy) is 3. The number of anilines is 1. The number of nitrogens with zero attached hydrogens (tertiary/aromatic N) is 3. The van der Waals surface area contributed by atoms with Crippen LogP contribution in [0.1, 0.15) is 21.7 Å². The molecule has 1 amide bonds. The van der Waals surface area contributed by atoms with Gasteiger partial charge in [-0.05, 0) is 31.2 Å². The summed E-state index contributed by atoms with van der Waals surface area (Å²) < 4.78 is 31.7. The molecule has 0 fully saturated rings. The molecule has 0 aliphatic carbocycles. The van der Waals surface area contributed by atoms with Crippen molar-refractivity contribution in [2.45, 2.75) is 13.5 Å². The molecule has 3 heterocycles. The molecule has 180 valence electrons. The molecule has 0 unspecified atom stereocenters. The van der Waals surface area contributed by atoms with Crippen LogP contribution in [0.3, 0.4) is 0 Å². The number of rotatable bonds is 8. The fourth-order valence-electron chi connectivity index (χ4n) is 3.81. The number of aromatic nitrogens is 3. The van der Waals surface area contributed by atoms with Crippen LogP contribution in [0, 0.1) is 12.7 Å². The van der Waals surface area contributed by atoms with E-state index in [4.69, 9.17) is 14.2 Å². The second-order valence-corrected chi connectivity index (χ2v) is 7.61. The lowest BCUT2D eigenvalue weighted by atomic mass is 10.1. The van der Waals surface area contributed by atoms with Gasteiger partial charge >= 0.3 is 0 Å². The number of pyridine rings is 2. The van der Waals surface area contributed by atoms with Crippen LogP contribution in [-0.2, 0) is 11.3 Å². The molecule has 35 heavy (non-hydrogen) atoms. The maximum atomic E-state index is 14.6. The molecule has 10 heteroatoms. The van der Waals surface area contributed by atoms with Gasteiger partial charge in [0.05, 0.1) is 50.8 Å². The standard InChI is InChI=1S/C25H23FN4O5/c1-14-23(24(31)25(32)29-15-7-8-27-22(9-15)35-4)18-10-21(34-3)19(26)11-20(18)30(14)13-16-5-6-17(33-2)12-28-16/h5-12H,13H2,1-4H3,(H,27,29,32). The SMILES string of the molecule is COc1ccc(Cn2c(C)c(C(=O)C(=O)Nc3ccnc(OC)c3)c3cc(OC)c(F)cc32)nc1.